The lowest BCUT2D eigenvalue weighted by Crippen LogP contribution is -2.48. The van der Waals surface area contributed by atoms with E-state index in [1.54, 1.807) is 0 Å². The Kier molecular flexibility index (Phi) is 6.16. The molecule has 1 atom stereocenters. The minimum absolute atomic E-state index is 0.0448. The van der Waals surface area contributed by atoms with Crippen molar-refractivity contribution >= 4 is 5.91 Å². The number of ether oxygens (including phenoxy) is 1. The minimum atomic E-state index is 0.0448. The van der Waals surface area contributed by atoms with E-state index in [0.717, 1.165) is 51.3 Å². The van der Waals surface area contributed by atoms with Crippen molar-refractivity contribution in [3.63, 3.8) is 0 Å². The SMILES string of the molecule is O=C(COc1ccccc1)N1CCC2(CC1)CN(Cc1ccccc1)CC2CO. The first-order valence-corrected chi connectivity index (χ1v) is 10.5. The molecule has 0 aliphatic carbocycles. The van der Waals surface area contributed by atoms with Crippen LogP contribution in [0, 0.1) is 11.3 Å². The van der Waals surface area contributed by atoms with E-state index in [-0.39, 0.29) is 30.5 Å². The summed E-state index contributed by atoms with van der Waals surface area (Å²) >= 11 is 0. The quantitative estimate of drug-likeness (QED) is 0.819. The molecule has 2 aromatic rings. The van der Waals surface area contributed by atoms with Crippen molar-refractivity contribution in [3.05, 3.63) is 66.2 Å². The van der Waals surface area contributed by atoms with Crippen molar-refractivity contribution in [1.29, 1.82) is 0 Å². The molecule has 0 aromatic heterocycles. The average Bonchev–Trinajstić information content (AvgIpc) is 3.10. The number of aliphatic hydroxyl groups is 1. The molecule has 1 N–H and O–H groups in total. The summed E-state index contributed by atoms with van der Waals surface area (Å²) in [5.74, 6) is 1.05. The number of piperidine rings is 1. The van der Waals surface area contributed by atoms with Crippen molar-refractivity contribution < 1.29 is 14.6 Å². The number of likely N-dealkylation sites (tertiary alicyclic amines) is 2. The molecular formula is C24H30N2O3. The second kappa shape index (κ2) is 8.97. The zero-order valence-electron chi connectivity index (χ0n) is 16.9. The summed E-state index contributed by atoms with van der Waals surface area (Å²) in [6.07, 6.45) is 1.89. The van der Waals surface area contributed by atoms with E-state index in [1.807, 2.05) is 41.3 Å². The molecule has 1 spiro atoms. The zero-order valence-corrected chi connectivity index (χ0v) is 16.9. The van der Waals surface area contributed by atoms with E-state index in [2.05, 4.69) is 29.2 Å². The van der Waals surface area contributed by atoms with Crippen LogP contribution in [0.5, 0.6) is 5.75 Å². The molecular weight excluding hydrogens is 364 g/mol. The summed E-state index contributed by atoms with van der Waals surface area (Å²) in [7, 11) is 0. The molecule has 1 amide bonds. The summed E-state index contributed by atoms with van der Waals surface area (Å²) in [6.45, 7) is 4.63. The summed E-state index contributed by atoms with van der Waals surface area (Å²) < 4.78 is 5.62. The Bertz CT molecular complexity index is 788. The maximum absolute atomic E-state index is 12.6. The van der Waals surface area contributed by atoms with Crippen molar-refractivity contribution in [1.82, 2.24) is 9.80 Å². The second-order valence-electron chi connectivity index (χ2n) is 8.38. The van der Waals surface area contributed by atoms with Crippen LogP contribution >= 0.6 is 0 Å². The largest absolute Gasteiger partial charge is 0.484 e. The number of hydrogen-bond donors (Lipinski definition) is 1. The van der Waals surface area contributed by atoms with Crippen LogP contribution in [0.2, 0.25) is 0 Å². The fourth-order valence-corrected chi connectivity index (χ4v) is 4.88. The fraction of sp³-hybridized carbons (Fsp3) is 0.458. The van der Waals surface area contributed by atoms with Gasteiger partial charge >= 0.3 is 0 Å². The molecule has 2 aromatic carbocycles. The first-order chi connectivity index (χ1) is 14.2. The van der Waals surface area contributed by atoms with E-state index >= 15 is 0 Å². The van der Waals surface area contributed by atoms with Crippen molar-refractivity contribution in [2.45, 2.75) is 19.4 Å². The third-order valence-electron chi connectivity index (χ3n) is 6.57. The average molecular weight is 395 g/mol. The first-order valence-electron chi connectivity index (χ1n) is 10.5. The summed E-state index contributed by atoms with van der Waals surface area (Å²) in [6, 6.07) is 20.0. The Balaban J connectivity index is 1.31. The highest BCUT2D eigenvalue weighted by atomic mass is 16.5. The zero-order chi connectivity index (χ0) is 20.1. The third kappa shape index (κ3) is 4.62. The molecule has 2 heterocycles. The van der Waals surface area contributed by atoms with E-state index in [0.29, 0.717) is 0 Å². The Hall–Kier alpha value is -2.37. The molecule has 2 saturated heterocycles. The van der Waals surface area contributed by atoms with Crippen LogP contribution in [0.25, 0.3) is 0 Å². The van der Waals surface area contributed by atoms with Crippen molar-refractivity contribution in [2.24, 2.45) is 11.3 Å². The normalized spacial score (nSPS) is 21.4. The van der Waals surface area contributed by atoms with Gasteiger partial charge in [0.1, 0.15) is 5.75 Å². The molecule has 0 radical (unpaired) electrons. The predicted molar refractivity (Wildman–Crippen MR) is 112 cm³/mol. The van der Waals surface area contributed by atoms with E-state index < -0.39 is 0 Å². The van der Waals surface area contributed by atoms with Gasteiger partial charge < -0.3 is 14.7 Å². The van der Waals surface area contributed by atoms with Gasteiger partial charge in [-0.05, 0) is 36.0 Å². The van der Waals surface area contributed by atoms with E-state index in [4.69, 9.17) is 4.74 Å². The number of nitrogens with zero attached hydrogens (tertiary/aromatic N) is 2. The van der Waals surface area contributed by atoms with Gasteiger partial charge in [-0.3, -0.25) is 9.69 Å². The molecule has 2 aliphatic heterocycles. The van der Waals surface area contributed by atoms with Gasteiger partial charge in [-0.1, -0.05) is 48.5 Å². The van der Waals surface area contributed by atoms with Gasteiger partial charge in [0.25, 0.3) is 5.91 Å². The van der Waals surface area contributed by atoms with Crippen LogP contribution in [-0.2, 0) is 11.3 Å². The smallest absolute Gasteiger partial charge is 0.260 e. The Morgan fingerprint density at radius 3 is 2.34 bits per heavy atom. The number of carbonyl (C=O) groups excluding carboxylic acids is 1. The lowest BCUT2D eigenvalue weighted by molar-refractivity contribution is -0.136. The van der Waals surface area contributed by atoms with Crippen LogP contribution < -0.4 is 4.74 Å². The Labute approximate surface area is 172 Å². The van der Waals surface area contributed by atoms with Crippen LogP contribution in [0.4, 0.5) is 0 Å². The highest BCUT2D eigenvalue weighted by Gasteiger charge is 2.47. The highest BCUT2D eigenvalue weighted by Crippen LogP contribution is 2.44. The number of rotatable bonds is 6. The predicted octanol–water partition coefficient (Wildman–Crippen LogP) is 2.80. The van der Waals surface area contributed by atoms with Gasteiger partial charge in [-0.15, -0.1) is 0 Å². The lowest BCUT2D eigenvalue weighted by Gasteiger charge is -2.42. The number of hydrogen-bond acceptors (Lipinski definition) is 4. The minimum Gasteiger partial charge on any atom is -0.484 e. The molecule has 0 bridgehead atoms. The molecule has 5 heteroatoms. The van der Waals surface area contributed by atoms with Gasteiger partial charge in [0, 0.05) is 45.2 Å². The van der Waals surface area contributed by atoms with Crippen LogP contribution in [0.1, 0.15) is 18.4 Å². The van der Waals surface area contributed by atoms with Crippen LogP contribution in [0.15, 0.2) is 60.7 Å². The lowest BCUT2D eigenvalue weighted by atomic mass is 9.71. The standard InChI is InChI=1S/C24H30N2O3/c27-17-21-16-25(15-20-7-3-1-4-8-20)19-24(21)11-13-26(14-12-24)23(28)18-29-22-9-5-2-6-10-22/h1-10,21,27H,11-19H2. The maximum atomic E-state index is 12.6. The first kappa shape index (κ1) is 19.9. The van der Waals surface area contributed by atoms with Crippen molar-refractivity contribution in [3.8, 4) is 5.75 Å². The number of benzene rings is 2. The van der Waals surface area contributed by atoms with Crippen LogP contribution in [-0.4, -0.2) is 60.2 Å². The molecule has 5 nitrogen and oxygen atoms in total. The van der Waals surface area contributed by atoms with E-state index in [1.165, 1.54) is 5.56 Å². The monoisotopic (exact) mass is 394 g/mol. The number of para-hydroxylation sites is 1. The van der Waals surface area contributed by atoms with Gasteiger partial charge in [-0.2, -0.15) is 0 Å². The Morgan fingerprint density at radius 1 is 1.03 bits per heavy atom. The molecule has 29 heavy (non-hydrogen) atoms. The molecule has 0 saturated carbocycles. The number of carbonyl (C=O) groups is 1. The second-order valence-corrected chi connectivity index (χ2v) is 8.38. The van der Waals surface area contributed by atoms with Gasteiger partial charge in [0.15, 0.2) is 6.61 Å². The van der Waals surface area contributed by atoms with Gasteiger partial charge in [0.05, 0.1) is 0 Å². The molecule has 1 unspecified atom stereocenters. The van der Waals surface area contributed by atoms with Crippen molar-refractivity contribution in [2.75, 3.05) is 39.4 Å². The molecule has 2 aliphatic rings. The molecule has 2 fully saturated rings. The molecule has 4 rings (SSSR count). The van der Waals surface area contributed by atoms with Gasteiger partial charge in [0.2, 0.25) is 0 Å². The van der Waals surface area contributed by atoms with Gasteiger partial charge in [-0.25, -0.2) is 0 Å². The third-order valence-corrected chi connectivity index (χ3v) is 6.57. The maximum Gasteiger partial charge on any atom is 0.260 e. The number of aliphatic hydroxyl groups excluding tert-OH is 1. The summed E-state index contributed by atoms with van der Waals surface area (Å²) in [5, 5.41) is 10.0. The summed E-state index contributed by atoms with van der Waals surface area (Å²) in [4.78, 5) is 17.0. The van der Waals surface area contributed by atoms with Crippen LogP contribution in [0.3, 0.4) is 0 Å². The molecule has 154 valence electrons. The van der Waals surface area contributed by atoms with E-state index in [9.17, 15) is 9.90 Å². The highest BCUT2D eigenvalue weighted by molar-refractivity contribution is 5.77. The topological polar surface area (TPSA) is 53.0 Å². The number of amides is 1. The summed E-state index contributed by atoms with van der Waals surface area (Å²) in [5.41, 5.74) is 1.42. The fourth-order valence-electron chi connectivity index (χ4n) is 4.88. The Morgan fingerprint density at radius 2 is 1.69 bits per heavy atom.